The molecule has 1 heterocycles. The maximum atomic E-state index is 12.8. The molecule has 6 nitrogen and oxygen atoms in total. The second-order valence-corrected chi connectivity index (χ2v) is 4.74. The molecule has 0 spiro atoms. The van der Waals surface area contributed by atoms with Crippen LogP contribution in [-0.4, -0.2) is 29.2 Å². The highest BCUT2D eigenvalue weighted by Gasteiger charge is 2.35. The molecule has 1 aromatic carbocycles. The molecule has 0 saturated carbocycles. The third kappa shape index (κ3) is 3.67. The molecule has 124 valence electrons. The Morgan fingerprint density at radius 3 is 2.57 bits per heavy atom. The van der Waals surface area contributed by atoms with Gasteiger partial charge >= 0.3 is 6.18 Å². The first-order chi connectivity index (χ1) is 10.8. The molecule has 2 aromatic rings. The van der Waals surface area contributed by atoms with Crippen molar-refractivity contribution in [3.8, 4) is 11.5 Å². The van der Waals surface area contributed by atoms with Gasteiger partial charge in [-0.25, -0.2) is 4.98 Å². The Morgan fingerprint density at radius 2 is 2.00 bits per heavy atom. The molecule has 23 heavy (non-hydrogen) atoms. The molecule has 0 aliphatic heterocycles. The SMILES string of the molecule is CNc1nc(Nc2cc(OC)c(O)cc2Cl)ncc1C(F)(F)F. The summed E-state index contributed by atoms with van der Waals surface area (Å²) in [5.41, 5.74) is -0.719. The minimum absolute atomic E-state index is 0.100. The number of nitrogens with zero attached hydrogens (tertiary/aromatic N) is 2. The van der Waals surface area contributed by atoms with Gasteiger partial charge in [-0.1, -0.05) is 11.6 Å². The monoisotopic (exact) mass is 348 g/mol. The van der Waals surface area contributed by atoms with E-state index in [1.165, 1.54) is 26.3 Å². The van der Waals surface area contributed by atoms with Gasteiger partial charge in [-0.15, -0.1) is 0 Å². The molecule has 10 heteroatoms. The lowest BCUT2D eigenvalue weighted by atomic mass is 10.2. The molecule has 0 aliphatic carbocycles. The van der Waals surface area contributed by atoms with E-state index in [1.54, 1.807) is 0 Å². The van der Waals surface area contributed by atoms with E-state index >= 15 is 0 Å². The second-order valence-electron chi connectivity index (χ2n) is 4.33. The fourth-order valence-electron chi connectivity index (χ4n) is 1.76. The van der Waals surface area contributed by atoms with Crippen molar-refractivity contribution in [3.05, 3.63) is 28.9 Å². The van der Waals surface area contributed by atoms with Gasteiger partial charge in [0, 0.05) is 25.4 Å². The first-order valence-corrected chi connectivity index (χ1v) is 6.59. The standard InChI is InChI=1S/C13H12ClF3N4O2/c1-18-11-6(13(15,16)17)5-19-12(21-11)20-8-4-10(23-2)9(22)3-7(8)14/h3-5,22H,1-2H3,(H2,18,19,20,21). The van der Waals surface area contributed by atoms with Gasteiger partial charge in [-0.05, 0) is 0 Å². The molecule has 0 unspecified atom stereocenters. The normalized spacial score (nSPS) is 11.2. The zero-order chi connectivity index (χ0) is 17.2. The number of aromatic nitrogens is 2. The number of halogens is 4. The topological polar surface area (TPSA) is 79.3 Å². The number of benzene rings is 1. The minimum atomic E-state index is -4.57. The van der Waals surface area contributed by atoms with Gasteiger partial charge < -0.3 is 20.5 Å². The van der Waals surface area contributed by atoms with Gasteiger partial charge in [-0.2, -0.15) is 18.2 Å². The van der Waals surface area contributed by atoms with Gasteiger partial charge in [0.2, 0.25) is 5.95 Å². The van der Waals surface area contributed by atoms with Crippen molar-refractivity contribution >= 4 is 29.1 Å². The van der Waals surface area contributed by atoms with Crippen molar-refractivity contribution in [1.82, 2.24) is 9.97 Å². The molecule has 0 saturated heterocycles. The number of anilines is 3. The third-order valence-corrected chi connectivity index (χ3v) is 3.16. The number of phenols is 1. The van der Waals surface area contributed by atoms with Crippen LogP contribution in [0.1, 0.15) is 5.56 Å². The number of methoxy groups -OCH3 is 1. The highest BCUT2D eigenvalue weighted by molar-refractivity contribution is 6.33. The Morgan fingerprint density at radius 1 is 1.30 bits per heavy atom. The zero-order valence-corrected chi connectivity index (χ0v) is 12.7. The van der Waals surface area contributed by atoms with Crippen LogP contribution in [-0.2, 0) is 6.18 Å². The average Bonchev–Trinajstić information content (AvgIpc) is 2.48. The lowest BCUT2D eigenvalue weighted by Gasteiger charge is -2.14. The lowest BCUT2D eigenvalue weighted by molar-refractivity contribution is -0.137. The summed E-state index contributed by atoms with van der Waals surface area (Å²) >= 11 is 5.96. The highest BCUT2D eigenvalue weighted by atomic mass is 35.5. The Hall–Kier alpha value is -2.42. The van der Waals surface area contributed by atoms with Crippen LogP contribution in [0.25, 0.3) is 0 Å². The summed E-state index contributed by atoms with van der Waals surface area (Å²) in [4.78, 5) is 7.38. The molecule has 0 fully saturated rings. The largest absolute Gasteiger partial charge is 0.504 e. The van der Waals surface area contributed by atoms with E-state index in [4.69, 9.17) is 16.3 Å². The summed E-state index contributed by atoms with van der Waals surface area (Å²) in [7, 11) is 2.67. The quantitative estimate of drug-likeness (QED) is 0.732. The third-order valence-electron chi connectivity index (χ3n) is 2.85. The number of alkyl halides is 3. The molecule has 0 radical (unpaired) electrons. The Kier molecular flexibility index (Phi) is 4.69. The van der Waals surface area contributed by atoms with Crippen molar-refractivity contribution in [3.63, 3.8) is 0 Å². The van der Waals surface area contributed by atoms with Crippen molar-refractivity contribution < 1.29 is 23.0 Å². The predicted octanol–water partition coefficient (Wildman–Crippen LogP) is 3.65. The Labute approximate surface area is 134 Å². The van der Waals surface area contributed by atoms with Gasteiger partial charge in [0.15, 0.2) is 11.5 Å². The van der Waals surface area contributed by atoms with E-state index in [0.717, 1.165) is 0 Å². The van der Waals surface area contributed by atoms with Gasteiger partial charge in [0.1, 0.15) is 11.4 Å². The summed E-state index contributed by atoms with van der Waals surface area (Å²) in [6.45, 7) is 0. The van der Waals surface area contributed by atoms with Gasteiger partial charge in [0.25, 0.3) is 0 Å². The van der Waals surface area contributed by atoms with Crippen LogP contribution in [0.15, 0.2) is 18.3 Å². The summed E-state index contributed by atoms with van der Waals surface area (Å²) in [5, 5.41) is 14.8. The van der Waals surface area contributed by atoms with E-state index in [1.807, 2.05) is 0 Å². The maximum absolute atomic E-state index is 12.8. The molecule has 2 rings (SSSR count). The second kappa shape index (κ2) is 6.37. The van der Waals surface area contributed by atoms with E-state index in [2.05, 4.69) is 20.6 Å². The first kappa shape index (κ1) is 16.9. The van der Waals surface area contributed by atoms with Crippen LogP contribution >= 0.6 is 11.6 Å². The molecule has 1 aromatic heterocycles. The fourth-order valence-corrected chi connectivity index (χ4v) is 1.97. The van der Waals surface area contributed by atoms with Crippen molar-refractivity contribution in [2.45, 2.75) is 6.18 Å². The van der Waals surface area contributed by atoms with Crippen LogP contribution in [0.4, 0.5) is 30.6 Å². The molecule has 0 amide bonds. The van der Waals surface area contributed by atoms with Gasteiger partial charge in [-0.3, -0.25) is 0 Å². The number of hydrogen-bond donors (Lipinski definition) is 3. The average molecular weight is 349 g/mol. The summed E-state index contributed by atoms with van der Waals surface area (Å²) in [5.74, 6) is -0.515. The first-order valence-electron chi connectivity index (χ1n) is 6.21. The maximum Gasteiger partial charge on any atom is 0.421 e. The van der Waals surface area contributed by atoms with E-state index in [0.29, 0.717) is 6.20 Å². The molecule has 0 aliphatic rings. The highest BCUT2D eigenvalue weighted by Crippen LogP contribution is 2.37. The van der Waals surface area contributed by atoms with E-state index < -0.39 is 11.7 Å². The number of ether oxygens (including phenoxy) is 1. The number of aromatic hydroxyl groups is 1. The Bertz CT molecular complexity index is 725. The number of rotatable bonds is 4. The zero-order valence-electron chi connectivity index (χ0n) is 12.0. The lowest BCUT2D eigenvalue weighted by Crippen LogP contribution is -2.12. The summed E-state index contributed by atoms with van der Waals surface area (Å²) < 4.78 is 43.3. The molecular formula is C13H12ClF3N4O2. The van der Waals surface area contributed by atoms with Crippen LogP contribution in [0.5, 0.6) is 11.5 Å². The molecule has 0 atom stereocenters. The van der Waals surface area contributed by atoms with Crippen LogP contribution < -0.4 is 15.4 Å². The number of hydrogen-bond acceptors (Lipinski definition) is 6. The van der Waals surface area contributed by atoms with Crippen LogP contribution in [0, 0.1) is 0 Å². The summed E-state index contributed by atoms with van der Waals surface area (Å²) in [6, 6.07) is 2.60. The van der Waals surface area contributed by atoms with Crippen LogP contribution in [0.2, 0.25) is 5.02 Å². The summed E-state index contributed by atoms with van der Waals surface area (Å²) in [6.07, 6.45) is -3.91. The predicted molar refractivity (Wildman–Crippen MR) is 79.5 cm³/mol. The van der Waals surface area contributed by atoms with E-state index in [9.17, 15) is 18.3 Å². The number of phenolic OH excluding ortho intramolecular Hbond substituents is 1. The van der Waals surface area contributed by atoms with Crippen LogP contribution in [0.3, 0.4) is 0 Å². The van der Waals surface area contributed by atoms with Crippen molar-refractivity contribution in [2.75, 3.05) is 24.8 Å². The smallest absolute Gasteiger partial charge is 0.421 e. The van der Waals surface area contributed by atoms with Crippen molar-refractivity contribution in [1.29, 1.82) is 0 Å². The van der Waals surface area contributed by atoms with Crippen molar-refractivity contribution in [2.24, 2.45) is 0 Å². The minimum Gasteiger partial charge on any atom is -0.504 e. The molecule has 0 bridgehead atoms. The number of nitrogens with one attached hydrogen (secondary N) is 2. The molecule has 3 N–H and O–H groups in total. The van der Waals surface area contributed by atoms with E-state index in [-0.39, 0.29) is 34.0 Å². The van der Waals surface area contributed by atoms with Gasteiger partial charge in [0.05, 0.1) is 17.8 Å². The molecular weight excluding hydrogens is 337 g/mol. The fraction of sp³-hybridized carbons (Fsp3) is 0.231. The Balaban J connectivity index is 2.38.